The normalized spacial score (nSPS) is 16.8. The fraction of sp³-hybridized carbons (Fsp3) is 0.500. The molecule has 1 fully saturated rings. The van der Waals surface area contributed by atoms with E-state index in [0.29, 0.717) is 11.1 Å². The molecule has 0 N–H and O–H groups in total. The highest BCUT2D eigenvalue weighted by molar-refractivity contribution is 6.30. The van der Waals surface area contributed by atoms with Crippen LogP contribution in [0.25, 0.3) is 0 Å². The molecule has 0 radical (unpaired) electrons. The Labute approximate surface area is 83.5 Å². The summed E-state index contributed by atoms with van der Waals surface area (Å²) in [5.74, 6) is 1.02. The number of halogens is 1. The van der Waals surface area contributed by atoms with Gasteiger partial charge in [-0.2, -0.15) is 0 Å². The molecule has 0 atom stereocenters. The molecule has 0 unspecified atom stereocenters. The molecule has 13 heavy (non-hydrogen) atoms. The van der Waals surface area contributed by atoms with Crippen LogP contribution >= 0.6 is 11.6 Å². The zero-order chi connectivity index (χ0) is 9.26. The number of aromatic nitrogens is 1. The van der Waals surface area contributed by atoms with Gasteiger partial charge in [0.1, 0.15) is 5.82 Å². The fourth-order valence-corrected chi connectivity index (χ4v) is 1.65. The van der Waals surface area contributed by atoms with Crippen molar-refractivity contribution in [3.8, 4) is 0 Å². The second-order valence-electron chi connectivity index (χ2n) is 3.53. The highest BCUT2D eigenvalue weighted by Gasteiger charge is 2.22. The lowest BCUT2D eigenvalue weighted by Crippen LogP contribution is -2.37. The van der Waals surface area contributed by atoms with Crippen molar-refractivity contribution in [1.29, 1.82) is 0 Å². The number of pyridine rings is 1. The minimum Gasteiger partial charge on any atom is -0.357 e. The van der Waals surface area contributed by atoms with Gasteiger partial charge in [0.25, 0.3) is 0 Å². The first-order chi connectivity index (χ1) is 6.27. The molecule has 1 aliphatic carbocycles. The molecular formula is C10H13ClN2. The summed E-state index contributed by atoms with van der Waals surface area (Å²) in [5.41, 5.74) is 0. The summed E-state index contributed by atoms with van der Waals surface area (Å²) < 4.78 is 0. The first kappa shape index (κ1) is 8.82. The van der Waals surface area contributed by atoms with Crippen molar-refractivity contribution >= 4 is 17.4 Å². The Kier molecular flexibility index (Phi) is 2.40. The van der Waals surface area contributed by atoms with Crippen molar-refractivity contribution in [2.24, 2.45) is 0 Å². The first-order valence-corrected chi connectivity index (χ1v) is 4.99. The topological polar surface area (TPSA) is 16.1 Å². The van der Waals surface area contributed by atoms with Gasteiger partial charge in [0.15, 0.2) is 0 Å². The lowest BCUT2D eigenvalue weighted by molar-refractivity contribution is 0.399. The average Bonchev–Trinajstić information content (AvgIpc) is 2.02. The SMILES string of the molecule is CN(c1ccc(Cl)cn1)C1CCC1. The van der Waals surface area contributed by atoms with Gasteiger partial charge in [-0.3, -0.25) is 0 Å². The summed E-state index contributed by atoms with van der Waals surface area (Å²) in [5, 5.41) is 0.700. The van der Waals surface area contributed by atoms with E-state index < -0.39 is 0 Å². The van der Waals surface area contributed by atoms with E-state index in [1.807, 2.05) is 12.1 Å². The molecule has 70 valence electrons. The molecule has 0 saturated heterocycles. The van der Waals surface area contributed by atoms with Crippen molar-refractivity contribution in [2.75, 3.05) is 11.9 Å². The quantitative estimate of drug-likeness (QED) is 0.723. The molecule has 0 spiro atoms. The number of rotatable bonds is 2. The maximum absolute atomic E-state index is 5.76. The van der Waals surface area contributed by atoms with Crippen molar-refractivity contribution in [2.45, 2.75) is 25.3 Å². The molecule has 1 aromatic rings. The van der Waals surface area contributed by atoms with Crippen LogP contribution < -0.4 is 4.90 Å². The maximum atomic E-state index is 5.76. The number of nitrogens with zero attached hydrogens (tertiary/aromatic N) is 2. The van der Waals surface area contributed by atoms with E-state index in [0.717, 1.165) is 5.82 Å². The molecule has 1 saturated carbocycles. The molecule has 2 rings (SSSR count). The third-order valence-electron chi connectivity index (χ3n) is 2.70. The predicted molar refractivity (Wildman–Crippen MR) is 55.3 cm³/mol. The van der Waals surface area contributed by atoms with Gasteiger partial charge in [-0.15, -0.1) is 0 Å². The van der Waals surface area contributed by atoms with Gasteiger partial charge >= 0.3 is 0 Å². The van der Waals surface area contributed by atoms with Crippen LogP contribution in [0, 0.1) is 0 Å². The van der Waals surface area contributed by atoms with Gasteiger partial charge < -0.3 is 4.90 Å². The maximum Gasteiger partial charge on any atom is 0.128 e. The lowest BCUT2D eigenvalue weighted by Gasteiger charge is -2.35. The number of anilines is 1. The Hall–Kier alpha value is -0.760. The standard InChI is InChI=1S/C10H13ClN2/c1-13(9-3-2-4-9)10-6-5-8(11)7-12-10/h5-7,9H,2-4H2,1H3. The fourth-order valence-electron chi connectivity index (χ4n) is 1.54. The summed E-state index contributed by atoms with van der Waals surface area (Å²) >= 11 is 5.76. The minimum atomic E-state index is 0.689. The average molecular weight is 197 g/mol. The monoisotopic (exact) mass is 196 g/mol. The zero-order valence-corrected chi connectivity index (χ0v) is 8.46. The van der Waals surface area contributed by atoms with Crippen LogP contribution in [-0.2, 0) is 0 Å². The summed E-state index contributed by atoms with van der Waals surface area (Å²) in [7, 11) is 2.10. The molecule has 3 heteroatoms. The summed E-state index contributed by atoms with van der Waals surface area (Å²) in [6.07, 6.45) is 5.64. The van der Waals surface area contributed by atoms with E-state index in [4.69, 9.17) is 11.6 Å². The molecule has 0 aliphatic heterocycles. The minimum absolute atomic E-state index is 0.689. The van der Waals surface area contributed by atoms with Gasteiger partial charge in [0, 0.05) is 19.3 Å². The molecule has 0 aromatic carbocycles. The molecular weight excluding hydrogens is 184 g/mol. The van der Waals surface area contributed by atoms with E-state index in [1.54, 1.807) is 6.20 Å². The molecule has 0 amide bonds. The van der Waals surface area contributed by atoms with E-state index in [1.165, 1.54) is 19.3 Å². The van der Waals surface area contributed by atoms with Crippen LogP contribution in [-0.4, -0.2) is 18.1 Å². The van der Waals surface area contributed by atoms with Crippen molar-refractivity contribution in [1.82, 2.24) is 4.98 Å². The largest absolute Gasteiger partial charge is 0.357 e. The third-order valence-corrected chi connectivity index (χ3v) is 2.92. The van der Waals surface area contributed by atoms with Gasteiger partial charge in [0.05, 0.1) is 5.02 Å². The van der Waals surface area contributed by atoms with Crippen LogP contribution in [0.2, 0.25) is 5.02 Å². The molecule has 1 aliphatic rings. The Morgan fingerprint density at radius 2 is 2.23 bits per heavy atom. The van der Waals surface area contributed by atoms with E-state index in [2.05, 4.69) is 16.9 Å². The molecule has 2 nitrogen and oxygen atoms in total. The Morgan fingerprint density at radius 3 is 2.69 bits per heavy atom. The van der Waals surface area contributed by atoms with Gasteiger partial charge in [0.2, 0.25) is 0 Å². The van der Waals surface area contributed by atoms with Crippen molar-refractivity contribution in [3.05, 3.63) is 23.4 Å². The Morgan fingerprint density at radius 1 is 1.46 bits per heavy atom. The first-order valence-electron chi connectivity index (χ1n) is 4.62. The third kappa shape index (κ3) is 1.78. The lowest BCUT2D eigenvalue weighted by atomic mass is 9.92. The van der Waals surface area contributed by atoms with Crippen LogP contribution in [0.3, 0.4) is 0 Å². The Bertz CT molecular complexity index is 279. The van der Waals surface area contributed by atoms with Crippen LogP contribution in [0.5, 0.6) is 0 Å². The number of hydrogen-bond acceptors (Lipinski definition) is 2. The van der Waals surface area contributed by atoms with Crippen LogP contribution in [0.4, 0.5) is 5.82 Å². The van der Waals surface area contributed by atoms with Crippen LogP contribution in [0.15, 0.2) is 18.3 Å². The summed E-state index contributed by atoms with van der Waals surface area (Å²) in [6.45, 7) is 0. The van der Waals surface area contributed by atoms with Crippen LogP contribution in [0.1, 0.15) is 19.3 Å². The van der Waals surface area contributed by atoms with E-state index in [-0.39, 0.29) is 0 Å². The summed E-state index contributed by atoms with van der Waals surface area (Å²) in [4.78, 5) is 6.51. The van der Waals surface area contributed by atoms with Gasteiger partial charge in [-0.25, -0.2) is 4.98 Å². The van der Waals surface area contributed by atoms with E-state index in [9.17, 15) is 0 Å². The second kappa shape index (κ2) is 3.54. The molecule has 0 bridgehead atoms. The highest BCUT2D eigenvalue weighted by atomic mass is 35.5. The van der Waals surface area contributed by atoms with E-state index >= 15 is 0 Å². The zero-order valence-electron chi connectivity index (χ0n) is 7.70. The molecule has 1 aromatic heterocycles. The highest BCUT2D eigenvalue weighted by Crippen LogP contribution is 2.27. The Balaban J connectivity index is 2.10. The van der Waals surface area contributed by atoms with Gasteiger partial charge in [-0.1, -0.05) is 11.6 Å². The summed E-state index contributed by atoms with van der Waals surface area (Å²) in [6, 6.07) is 4.55. The van der Waals surface area contributed by atoms with Crippen molar-refractivity contribution < 1.29 is 0 Å². The molecule has 1 heterocycles. The van der Waals surface area contributed by atoms with Crippen molar-refractivity contribution in [3.63, 3.8) is 0 Å². The van der Waals surface area contributed by atoms with Gasteiger partial charge in [-0.05, 0) is 31.4 Å². The second-order valence-corrected chi connectivity index (χ2v) is 3.97. The smallest absolute Gasteiger partial charge is 0.128 e. The number of hydrogen-bond donors (Lipinski definition) is 0. The predicted octanol–water partition coefficient (Wildman–Crippen LogP) is 2.72.